The number of quaternary nitrogens is 1. The molecule has 0 bridgehead atoms. The SMILES string of the molecule is Cc1nc2n(c(=O)c1CC[N+]1(COP(=O)([O-])[O-])CCC(c3noc4cc(F)ccc34)CC1)CCCC2. The lowest BCUT2D eigenvalue weighted by molar-refractivity contribution is -0.947. The maximum atomic E-state index is 13.5. The van der Waals surface area contributed by atoms with Crippen LogP contribution in [-0.2, 0) is 28.5 Å². The topological polar surface area (TPSA) is 133 Å². The lowest BCUT2D eigenvalue weighted by Gasteiger charge is -2.45. The van der Waals surface area contributed by atoms with Crippen LogP contribution in [0.1, 0.15) is 54.4 Å². The first kappa shape index (κ1) is 25.2. The summed E-state index contributed by atoms with van der Waals surface area (Å²) in [6.07, 6.45) is 4.44. The number of aromatic nitrogens is 3. The van der Waals surface area contributed by atoms with Crippen LogP contribution in [0.3, 0.4) is 0 Å². The number of likely N-dealkylation sites (tertiary alicyclic amines) is 1. The fraction of sp³-hybridized carbons (Fsp3) is 0.542. The second kappa shape index (κ2) is 9.79. The number of phosphoric acid groups is 1. The molecule has 194 valence electrons. The summed E-state index contributed by atoms with van der Waals surface area (Å²) in [5, 5.41) is 4.93. The van der Waals surface area contributed by atoms with Gasteiger partial charge in [-0.05, 0) is 31.9 Å². The molecule has 2 aromatic heterocycles. The maximum Gasteiger partial charge on any atom is 0.257 e. The van der Waals surface area contributed by atoms with Crippen molar-refractivity contribution in [3.8, 4) is 0 Å². The Labute approximate surface area is 207 Å². The van der Waals surface area contributed by atoms with Crippen molar-refractivity contribution in [3.05, 3.63) is 57.1 Å². The van der Waals surface area contributed by atoms with E-state index in [-0.39, 0.29) is 22.7 Å². The molecule has 3 aromatic rings. The molecular formula is C24H29FN4O6P-. The van der Waals surface area contributed by atoms with E-state index in [0.29, 0.717) is 62.3 Å². The molecule has 4 heterocycles. The molecular weight excluding hydrogens is 490 g/mol. The molecule has 1 saturated heterocycles. The molecule has 0 radical (unpaired) electrons. The number of hydrogen-bond acceptors (Lipinski definition) is 8. The molecule has 2 aliphatic heterocycles. The first-order valence-corrected chi connectivity index (χ1v) is 13.8. The zero-order valence-electron chi connectivity index (χ0n) is 20.2. The molecule has 0 aliphatic carbocycles. The first-order chi connectivity index (χ1) is 17.1. The third kappa shape index (κ3) is 5.17. The summed E-state index contributed by atoms with van der Waals surface area (Å²) in [6.45, 7) is 3.71. The van der Waals surface area contributed by atoms with Gasteiger partial charge in [-0.1, -0.05) is 5.16 Å². The van der Waals surface area contributed by atoms with Gasteiger partial charge in [0.05, 0.1) is 33.2 Å². The summed E-state index contributed by atoms with van der Waals surface area (Å²) < 4.78 is 36.9. The highest BCUT2D eigenvalue weighted by molar-refractivity contribution is 7.43. The summed E-state index contributed by atoms with van der Waals surface area (Å²) in [4.78, 5) is 40.5. The number of rotatable bonds is 7. The predicted octanol–water partition coefficient (Wildman–Crippen LogP) is 1.91. The van der Waals surface area contributed by atoms with Crippen LogP contribution in [0.25, 0.3) is 11.0 Å². The summed E-state index contributed by atoms with van der Waals surface area (Å²) in [6, 6.07) is 4.32. The van der Waals surface area contributed by atoms with Gasteiger partial charge >= 0.3 is 0 Å². The maximum absolute atomic E-state index is 13.5. The largest absolute Gasteiger partial charge is 0.790 e. The molecule has 0 atom stereocenters. The van der Waals surface area contributed by atoms with E-state index in [2.05, 4.69) is 10.1 Å². The van der Waals surface area contributed by atoms with Crippen molar-refractivity contribution in [1.29, 1.82) is 0 Å². The van der Waals surface area contributed by atoms with Crippen molar-refractivity contribution < 1.29 is 32.3 Å². The lowest BCUT2D eigenvalue weighted by atomic mass is 9.90. The van der Waals surface area contributed by atoms with Crippen LogP contribution in [-0.4, -0.2) is 45.6 Å². The Morgan fingerprint density at radius 2 is 2.06 bits per heavy atom. The van der Waals surface area contributed by atoms with E-state index in [1.54, 1.807) is 10.6 Å². The van der Waals surface area contributed by atoms with Crippen LogP contribution in [0.5, 0.6) is 0 Å². The van der Waals surface area contributed by atoms with Gasteiger partial charge in [-0.3, -0.25) is 9.36 Å². The monoisotopic (exact) mass is 519 g/mol. The molecule has 0 amide bonds. The molecule has 0 unspecified atom stereocenters. The summed E-state index contributed by atoms with van der Waals surface area (Å²) in [7, 11) is -5.16. The van der Waals surface area contributed by atoms with E-state index < -0.39 is 13.6 Å². The van der Waals surface area contributed by atoms with Crippen LogP contribution in [0.2, 0.25) is 0 Å². The van der Waals surface area contributed by atoms with E-state index >= 15 is 0 Å². The minimum absolute atomic E-state index is 0.0343. The molecule has 0 saturated carbocycles. The highest BCUT2D eigenvalue weighted by Gasteiger charge is 2.37. The molecule has 0 spiro atoms. The van der Waals surface area contributed by atoms with Gasteiger partial charge < -0.3 is 27.9 Å². The molecule has 2 aliphatic rings. The fourth-order valence-electron chi connectivity index (χ4n) is 5.59. The van der Waals surface area contributed by atoms with Crippen LogP contribution in [0.15, 0.2) is 27.5 Å². The Morgan fingerprint density at radius 1 is 1.28 bits per heavy atom. The van der Waals surface area contributed by atoms with Crippen LogP contribution < -0.4 is 15.3 Å². The highest BCUT2D eigenvalue weighted by atomic mass is 31.2. The van der Waals surface area contributed by atoms with E-state index in [1.807, 2.05) is 6.92 Å². The number of fused-ring (bicyclic) bond motifs is 2. The zero-order valence-corrected chi connectivity index (χ0v) is 21.0. The third-order valence-electron chi connectivity index (χ3n) is 7.66. The fourth-order valence-corrected chi connectivity index (χ4v) is 5.98. The second-order valence-corrected chi connectivity index (χ2v) is 11.1. The van der Waals surface area contributed by atoms with Crippen LogP contribution in [0, 0.1) is 12.7 Å². The molecule has 1 fully saturated rings. The zero-order chi connectivity index (χ0) is 25.5. The molecule has 0 N–H and O–H groups in total. The smallest absolute Gasteiger partial charge is 0.257 e. The predicted molar refractivity (Wildman–Crippen MR) is 124 cm³/mol. The van der Waals surface area contributed by atoms with Gasteiger partial charge in [0.15, 0.2) is 12.3 Å². The number of halogens is 1. The molecule has 10 nitrogen and oxygen atoms in total. The molecule has 12 heteroatoms. The standard InChI is InChI=1S/C24H30FN4O6P/c1-16-19(24(30)28-10-3-2-4-22(28)26-16)9-13-29(15-34-36(31,32)33)11-7-17(8-12-29)23-20-6-5-18(25)14-21(20)35-27-23/h5-6,14,17H,2-4,7-13,15H2,1H3,(H-,31,32,33)/p-1. The van der Waals surface area contributed by atoms with Gasteiger partial charge in [0.1, 0.15) is 11.6 Å². The van der Waals surface area contributed by atoms with Gasteiger partial charge in [0, 0.05) is 60.9 Å². The molecule has 36 heavy (non-hydrogen) atoms. The minimum Gasteiger partial charge on any atom is -0.790 e. The Kier molecular flexibility index (Phi) is 6.86. The van der Waals surface area contributed by atoms with Crippen molar-refractivity contribution in [3.63, 3.8) is 0 Å². The number of aryl methyl sites for hydroxylation is 2. The number of phosphoric ester groups is 1. The minimum atomic E-state index is -5.16. The van der Waals surface area contributed by atoms with Gasteiger partial charge in [-0.2, -0.15) is 0 Å². The number of benzene rings is 1. The van der Waals surface area contributed by atoms with Crippen molar-refractivity contribution in [2.24, 2.45) is 0 Å². The second-order valence-electron chi connectivity index (χ2n) is 9.96. The summed E-state index contributed by atoms with van der Waals surface area (Å²) in [5.41, 5.74) is 2.41. The Morgan fingerprint density at radius 3 is 2.81 bits per heavy atom. The third-order valence-corrected chi connectivity index (χ3v) is 8.09. The normalized spacial score (nSPS) is 22.6. The Hall–Kier alpha value is -2.43. The van der Waals surface area contributed by atoms with E-state index in [9.17, 15) is 23.5 Å². The van der Waals surface area contributed by atoms with Crippen LogP contribution >= 0.6 is 7.82 Å². The average Bonchev–Trinajstić information content (AvgIpc) is 3.26. The van der Waals surface area contributed by atoms with Crippen molar-refractivity contribution in [2.75, 3.05) is 26.4 Å². The summed E-state index contributed by atoms with van der Waals surface area (Å²) in [5.74, 6) is 0.454. The van der Waals surface area contributed by atoms with E-state index in [1.165, 1.54) is 12.1 Å². The molecule has 5 rings (SSSR count). The van der Waals surface area contributed by atoms with Gasteiger partial charge in [0.2, 0.25) is 0 Å². The van der Waals surface area contributed by atoms with Crippen molar-refractivity contribution >= 4 is 18.8 Å². The van der Waals surface area contributed by atoms with Crippen molar-refractivity contribution in [1.82, 2.24) is 14.7 Å². The number of nitrogens with zero attached hydrogens (tertiary/aromatic N) is 4. The first-order valence-electron chi connectivity index (χ1n) is 12.3. The number of hydrogen-bond donors (Lipinski definition) is 0. The summed E-state index contributed by atoms with van der Waals surface area (Å²) >= 11 is 0. The van der Waals surface area contributed by atoms with Crippen molar-refractivity contribution in [2.45, 2.75) is 57.9 Å². The average molecular weight is 519 g/mol. The van der Waals surface area contributed by atoms with E-state index in [4.69, 9.17) is 9.05 Å². The van der Waals surface area contributed by atoms with Gasteiger partial charge in [-0.15, -0.1) is 0 Å². The molecule has 1 aromatic carbocycles. The lowest BCUT2D eigenvalue weighted by Crippen LogP contribution is -2.55. The van der Waals surface area contributed by atoms with Crippen LogP contribution in [0.4, 0.5) is 4.39 Å². The Balaban J connectivity index is 1.36. The number of piperidine rings is 1. The Bertz CT molecular complexity index is 1370. The quantitative estimate of drug-likeness (QED) is 0.342. The highest BCUT2D eigenvalue weighted by Crippen LogP contribution is 2.37. The van der Waals surface area contributed by atoms with E-state index in [0.717, 1.165) is 36.2 Å². The van der Waals surface area contributed by atoms with Gasteiger partial charge in [-0.25, -0.2) is 9.37 Å². The van der Waals surface area contributed by atoms with Gasteiger partial charge in [0.25, 0.3) is 5.56 Å².